The number of nitrogens with zero attached hydrogens (tertiary/aromatic N) is 4. The molecular weight excluding hydrogens is 520 g/mol. The summed E-state index contributed by atoms with van der Waals surface area (Å²) in [6.07, 6.45) is 1.67. The van der Waals surface area contributed by atoms with Crippen molar-refractivity contribution in [1.29, 1.82) is 5.41 Å². The van der Waals surface area contributed by atoms with Crippen LogP contribution >= 0.6 is 0 Å². The lowest BCUT2D eigenvalue weighted by atomic mass is 10.1. The second-order valence-electron chi connectivity index (χ2n) is 8.68. The molecule has 0 atom stereocenters. The van der Waals surface area contributed by atoms with Crippen molar-refractivity contribution in [3.05, 3.63) is 83.8 Å². The number of fused-ring (bicyclic) bond motifs is 1. The quantitative estimate of drug-likeness (QED) is 0.140. The minimum absolute atomic E-state index is 0.0611. The molecule has 0 aliphatic rings. The Morgan fingerprint density at radius 2 is 1.68 bits per heavy atom. The molecule has 0 aliphatic carbocycles. The van der Waals surface area contributed by atoms with Gasteiger partial charge in [-0.05, 0) is 68.4 Å². The Kier molecular flexibility index (Phi) is 11.4. The Morgan fingerprint density at radius 1 is 0.976 bits per heavy atom. The molecule has 1 amide bonds. The number of hydrogen-bond donors (Lipinski definition) is 2. The number of hydrogen-bond acceptors (Lipinski definition) is 8. The van der Waals surface area contributed by atoms with Crippen LogP contribution in [-0.4, -0.2) is 52.1 Å². The lowest BCUT2D eigenvalue weighted by Gasteiger charge is -2.21. The van der Waals surface area contributed by atoms with E-state index >= 15 is 0 Å². The van der Waals surface area contributed by atoms with Gasteiger partial charge in [-0.2, -0.15) is 0 Å². The fraction of sp³-hybridized carbons (Fsp3) is 0.323. The molecule has 4 aromatic rings. The van der Waals surface area contributed by atoms with E-state index in [0.717, 1.165) is 17.0 Å². The molecule has 2 N–H and O–H groups in total. The summed E-state index contributed by atoms with van der Waals surface area (Å²) in [5, 5.41) is 11.3. The maximum absolute atomic E-state index is 13.5. The normalized spacial score (nSPS) is 10.4. The predicted molar refractivity (Wildman–Crippen MR) is 161 cm³/mol. The second-order valence-corrected chi connectivity index (χ2v) is 8.68. The number of carbonyl (C=O) groups is 2. The molecule has 0 aliphatic heterocycles. The van der Waals surface area contributed by atoms with Crippen LogP contribution in [0.2, 0.25) is 0 Å². The van der Waals surface area contributed by atoms with Crippen molar-refractivity contribution < 1.29 is 19.1 Å². The van der Waals surface area contributed by atoms with Gasteiger partial charge in [0.25, 0.3) is 5.91 Å². The molecule has 2 heterocycles. The zero-order chi connectivity index (χ0) is 29.8. The first kappa shape index (κ1) is 30.8. The molecule has 2 aromatic carbocycles. The standard InChI is InChI=1S/C29H32N6O4.C2H6/c1-4-38-27(36)15-17-35(25-8-6-7-16-31-25)29(37)21-11-14-24-23(18-21)33-26(34(24)3)19-32-22-12-9-20(10-13-22)28(30)39-5-2;1-2/h6-14,16,18,30,32H,4-5,15,17,19H2,1-3H3;1-2H3. The van der Waals surface area contributed by atoms with Crippen LogP contribution in [0.25, 0.3) is 11.0 Å². The van der Waals surface area contributed by atoms with Crippen molar-refractivity contribution in [3.63, 3.8) is 0 Å². The first-order valence-electron chi connectivity index (χ1n) is 13.8. The molecule has 0 bridgehead atoms. The molecule has 41 heavy (non-hydrogen) atoms. The predicted octanol–water partition coefficient (Wildman–Crippen LogP) is 5.57. The smallest absolute Gasteiger partial charge is 0.307 e. The summed E-state index contributed by atoms with van der Waals surface area (Å²) in [7, 11) is 1.93. The van der Waals surface area contributed by atoms with Gasteiger partial charge in [-0.3, -0.25) is 19.9 Å². The molecule has 4 rings (SSSR count). The first-order valence-corrected chi connectivity index (χ1v) is 13.8. The number of amides is 1. The highest BCUT2D eigenvalue weighted by atomic mass is 16.5. The number of benzene rings is 2. The Balaban J connectivity index is 0.00000226. The maximum Gasteiger partial charge on any atom is 0.307 e. The van der Waals surface area contributed by atoms with Gasteiger partial charge in [-0.1, -0.05) is 19.9 Å². The minimum atomic E-state index is -0.370. The molecule has 10 nitrogen and oxygen atoms in total. The summed E-state index contributed by atoms with van der Waals surface area (Å²) in [6, 6.07) is 18.2. The van der Waals surface area contributed by atoms with Crippen LogP contribution in [0.4, 0.5) is 11.5 Å². The number of anilines is 2. The molecule has 0 fully saturated rings. The average molecular weight is 559 g/mol. The first-order chi connectivity index (χ1) is 19.9. The van der Waals surface area contributed by atoms with Crippen LogP contribution in [-0.2, 0) is 27.9 Å². The number of nitrogens with one attached hydrogen (secondary N) is 2. The number of carbonyl (C=O) groups excluding carboxylic acids is 2. The van der Waals surface area contributed by atoms with Gasteiger partial charge in [0.15, 0.2) is 0 Å². The highest BCUT2D eigenvalue weighted by Gasteiger charge is 2.21. The van der Waals surface area contributed by atoms with Gasteiger partial charge in [0, 0.05) is 36.6 Å². The Hall–Kier alpha value is -4.73. The summed E-state index contributed by atoms with van der Waals surface area (Å²) in [5.74, 6) is 0.755. The Morgan fingerprint density at radius 3 is 2.34 bits per heavy atom. The van der Waals surface area contributed by atoms with E-state index in [4.69, 9.17) is 19.9 Å². The largest absolute Gasteiger partial charge is 0.478 e. The topological polar surface area (TPSA) is 122 Å². The maximum atomic E-state index is 13.5. The fourth-order valence-electron chi connectivity index (χ4n) is 4.11. The average Bonchev–Trinajstić information content (AvgIpc) is 3.32. The van der Waals surface area contributed by atoms with Gasteiger partial charge >= 0.3 is 5.97 Å². The van der Waals surface area contributed by atoms with Crippen molar-refractivity contribution in [1.82, 2.24) is 14.5 Å². The summed E-state index contributed by atoms with van der Waals surface area (Å²) in [4.78, 5) is 36.1. The molecule has 10 heteroatoms. The van der Waals surface area contributed by atoms with E-state index in [1.807, 2.05) is 62.7 Å². The number of rotatable bonds is 11. The van der Waals surface area contributed by atoms with Gasteiger partial charge in [-0.15, -0.1) is 0 Å². The molecule has 216 valence electrons. The van der Waals surface area contributed by atoms with Gasteiger partial charge in [0.05, 0.1) is 37.2 Å². The summed E-state index contributed by atoms with van der Waals surface area (Å²) in [6.45, 7) is 8.95. The number of aromatic nitrogens is 3. The van der Waals surface area contributed by atoms with Crippen molar-refractivity contribution in [2.45, 2.75) is 40.7 Å². The van der Waals surface area contributed by atoms with E-state index in [9.17, 15) is 9.59 Å². The third kappa shape index (κ3) is 7.91. The number of ether oxygens (including phenoxy) is 2. The van der Waals surface area contributed by atoms with Gasteiger partial charge in [0.1, 0.15) is 11.6 Å². The van der Waals surface area contributed by atoms with E-state index in [1.165, 1.54) is 4.90 Å². The van der Waals surface area contributed by atoms with Crippen LogP contribution < -0.4 is 10.2 Å². The zero-order valence-electron chi connectivity index (χ0n) is 24.3. The van der Waals surface area contributed by atoms with E-state index in [2.05, 4.69) is 10.3 Å². The molecule has 0 radical (unpaired) electrons. The van der Waals surface area contributed by atoms with Crippen LogP contribution in [0.15, 0.2) is 66.9 Å². The van der Waals surface area contributed by atoms with Crippen LogP contribution in [0.3, 0.4) is 0 Å². The Labute approximate surface area is 240 Å². The Bertz CT molecular complexity index is 1450. The van der Waals surface area contributed by atoms with E-state index in [1.54, 1.807) is 43.5 Å². The second kappa shape index (κ2) is 15.2. The molecule has 0 unspecified atom stereocenters. The molecule has 0 spiro atoms. The SMILES string of the molecule is CC.CCOC(=N)c1ccc(NCc2nc3cc(C(=O)N(CCC(=O)OCC)c4ccccn4)ccc3n2C)cc1. The number of esters is 1. The summed E-state index contributed by atoms with van der Waals surface area (Å²) < 4.78 is 12.3. The third-order valence-electron chi connectivity index (χ3n) is 6.12. The molecular formula is C31H38N6O4. The van der Waals surface area contributed by atoms with Crippen molar-refractivity contribution in [2.75, 3.05) is 30.0 Å². The molecule has 0 saturated heterocycles. The van der Waals surface area contributed by atoms with Gasteiger partial charge < -0.3 is 19.4 Å². The lowest BCUT2D eigenvalue weighted by molar-refractivity contribution is -0.142. The van der Waals surface area contributed by atoms with Crippen molar-refractivity contribution in [2.24, 2.45) is 7.05 Å². The highest BCUT2D eigenvalue weighted by molar-refractivity contribution is 6.07. The fourth-order valence-corrected chi connectivity index (χ4v) is 4.11. The van der Waals surface area contributed by atoms with Gasteiger partial charge in [-0.25, -0.2) is 9.97 Å². The van der Waals surface area contributed by atoms with E-state index in [0.29, 0.717) is 35.6 Å². The molecule has 2 aromatic heterocycles. The van der Waals surface area contributed by atoms with Crippen molar-refractivity contribution in [3.8, 4) is 0 Å². The van der Waals surface area contributed by atoms with Crippen LogP contribution in [0.5, 0.6) is 0 Å². The van der Waals surface area contributed by atoms with Gasteiger partial charge in [0.2, 0.25) is 5.90 Å². The summed E-state index contributed by atoms with van der Waals surface area (Å²) in [5.41, 5.74) is 3.62. The lowest BCUT2D eigenvalue weighted by Crippen LogP contribution is -2.34. The minimum Gasteiger partial charge on any atom is -0.478 e. The number of aryl methyl sites for hydroxylation is 1. The molecule has 0 saturated carbocycles. The number of pyridine rings is 1. The summed E-state index contributed by atoms with van der Waals surface area (Å²) >= 11 is 0. The zero-order valence-corrected chi connectivity index (χ0v) is 24.3. The van der Waals surface area contributed by atoms with Crippen LogP contribution in [0, 0.1) is 5.41 Å². The van der Waals surface area contributed by atoms with E-state index in [-0.39, 0.29) is 37.3 Å². The highest BCUT2D eigenvalue weighted by Crippen LogP contribution is 2.21. The van der Waals surface area contributed by atoms with Crippen LogP contribution in [0.1, 0.15) is 55.9 Å². The number of imidazole rings is 1. The van der Waals surface area contributed by atoms with E-state index < -0.39 is 0 Å². The third-order valence-corrected chi connectivity index (χ3v) is 6.12. The van der Waals surface area contributed by atoms with Crippen molar-refractivity contribution >= 4 is 40.3 Å². The monoisotopic (exact) mass is 558 g/mol.